The Morgan fingerprint density at radius 2 is 2.00 bits per heavy atom. The quantitative estimate of drug-likeness (QED) is 0.734. The molecule has 0 aromatic heterocycles. The molecule has 0 radical (unpaired) electrons. The molecule has 1 aliphatic heterocycles. The van der Waals surface area contributed by atoms with Crippen molar-refractivity contribution in [3.63, 3.8) is 0 Å². The lowest BCUT2D eigenvalue weighted by molar-refractivity contribution is -0.143. The van der Waals surface area contributed by atoms with Crippen LogP contribution in [0.3, 0.4) is 0 Å². The molecule has 0 aromatic carbocycles. The molecule has 1 rings (SSSR count). The number of nitrogens with zero attached hydrogens (tertiary/aromatic N) is 1. The molecule has 3 unspecified atom stereocenters. The number of ether oxygens (including phenoxy) is 1. The fourth-order valence-corrected chi connectivity index (χ4v) is 2.81. The molecule has 0 aliphatic carbocycles. The van der Waals surface area contributed by atoms with E-state index in [-0.39, 0.29) is 12.0 Å². The number of likely N-dealkylation sites (N-methyl/N-ethyl adjacent to an activating group) is 1. The van der Waals surface area contributed by atoms with Crippen molar-refractivity contribution in [2.75, 3.05) is 33.3 Å². The van der Waals surface area contributed by atoms with Crippen LogP contribution in [0.2, 0.25) is 0 Å². The highest BCUT2D eigenvalue weighted by Gasteiger charge is 2.26. The minimum Gasteiger partial charge on any atom is -0.468 e. The summed E-state index contributed by atoms with van der Waals surface area (Å²) in [5.74, 6) is 1.29. The number of rotatable bonds is 5. The summed E-state index contributed by atoms with van der Waals surface area (Å²) in [5.41, 5.74) is 0. The van der Waals surface area contributed by atoms with Gasteiger partial charge in [-0.3, -0.25) is 4.79 Å². The second-order valence-corrected chi connectivity index (χ2v) is 5.30. The molecule has 0 bridgehead atoms. The zero-order valence-corrected chi connectivity index (χ0v) is 11.5. The molecular formula is C13H26N2O2. The van der Waals surface area contributed by atoms with Crippen molar-refractivity contribution in [3.05, 3.63) is 0 Å². The van der Waals surface area contributed by atoms with Crippen LogP contribution in [0.25, 0.3) is 0 Å². The van der Waals surface area contributed by atoms with Gasteiger partial charge in [0.2, 0.25) is 0 Å². The number of hydrogen-bond acceptors (Lipinski definition) is 4. The summed E-state index contributed by atoms with van der Waals surface area (Å²) in [7, 11) is 1.45. The number of methoxy groups -OCH3 is 1. The summed E-state index contributed by atoms with van der Waals surface area (Å²) in [5, 5.41) is 3.19. The number of carbonyl (C=O) groups excluding carboxylic acids is 1. The van der Waals surface area contributed by atoms with Gasteiger partial charge in [-0.1, -0.05) is 20.8 Å². The molecule has 100 valence electrons. The number of carbonyl (C=O) groups is 1. The van der Waals surface area contributed by atoms with E-state index < -0.39 is 0 Å². The molecule has 4 nitrogen and oxygen atoms in total. The summed E-state index contributed by atoms with van der Waals surface area (Å²) in [6.07, 6.45) is 1.29. The van der Waals surface area contributed by atoms with Gasteiger partial charge in [-0.05, 0) is 24.8 Å². The van der Waals surface area contributed by atoms with E-state index >= 15 is 0 Å². The van der Waals surface area contributed by atoms with Crippen LogP contribution in [0.15, 0.2) is 0 Å². The third kappa shape index (κ3) is 4.64. The van der Waals surface area contributed by atoms with Gasteiger partial charge in [0.25, 0.3) is 0 Å². The fraction of sp³-hybridized carbons (Fsp3) is 0.923. The normalized spacial score (nSPS) is 27.8. The van der Waals surface area contributed by atoms with E-state index in [0.717, 1.165) is 38.0 Å². The molecule has 1 saturated heterocycles. The lowest BCUT2D eigenvalue weighted by Gasteiger charge is -2.36. The summed E-state index contributed by atoms with van der Waals surface area (Å²) in [4.78, 5) is 14.0. The Kier molecular flexibility index (Phi) is 5.92. The summed E-state index contributed by atoms with van der Waals surface area (Å²) < 4.78 is 4.83. The monoisotopic (exact) mass is 242 g/mol. The van der Waals surface area contributed by atoms with Gasteiger partial charge in [0, 0.05) is 19.6 Å². The Labute approximate surface area is 105 Å². The Hall–Kier alpha value is -0.610. The Bertz CT molecular complexity index is 236. The first kappa shape index (κ1) is 14.5. The van der Waals surface area contributed by atoms with E-state index in [9.17, 15) is 4.79 Å². The van der Waals surface area contributed by atoms with Crippen LogP contribution < -0.4 is 5.32 Å². The van der Waals surface area contributed by atoms with Gasteiger partial charge >= 0.3 is 5.97 Å². The van der Waals surface area contributed by atoms with Crippen LogP contribution in [0.1, 0.15) is 27.2 Å². The maximum absolute atomic E-state index is 11.6. The molecule has 1 fully saturated rings. The minimum absolute atomic E-state index is 0.155. The Morgan fingerprint density at radius 3 is 2.47 bits per heavy atom. The zero-order valence-electron chi connectivity index (χ0n) is 11.5. The fourth-order valence-electron chi connectivity index (χ4n) is 2.81. The summed E-state index contributed by atoms with van der Waals surface area (Å²) >= 11 is 0. The second kappa shape index (κ2) is 6.97. The molecule has 0 saturated carbocycles. The van der Waals surface area contributed by atoms with Gasteiger partial charge in [-0.15, -0.1) is 0 Å². The van der Waals surface area contributed by atoms with Gasteiger partial charge in [0.05, 0.1) is 7.11 Å². The SMILES string of the molecule is CCNC(CN1CC(C)CC(C)C1)C(=O)OC. The topological polar surface area (TPSA) is 41.6 Å². The number of piperidine rings is 1. The van der Waals surface area contributed by atoms with Gasteiger partial charge in [0.1, 0.15) is 6.04 Å². The second-order valence-electron chi connectivity index (χ2n) is 5.30. The highest BCUT2D eigenvalue weighted by Crippen LogP contribution is 2.20. The molecule has 0 amide bonds. The van der Waals surface area contributed by atoms with E-state index in [2.05, 4.69) is 24.1 Å². The maximum Gasteiger partial charge on any atom is 0.324 e. The summed E-state index contributed by atoms with van der Waals surface area (Å²) in [6, 6.07) is -0.192. The molecular weight excluding hydrogens is 216 g/mol. The first-order valence-electron chi connectivity index (χ1n) is 6.60. The van der Waals surface area contributed by atoms with E-state index in [0.29, 0.717) is 0 Å². The Balaban J connectivity index is 2.50. The highest BCUT2D eigenvalue weighted by atomic mass is 16.5. The predicted octanol–water partition coefficient (Wildman–Crippen LogP) is 1.12. The smallest absolute Gasteiger partial charge is 0.324 e. The van der Waals surface area contributed by atoms with E-state index in [1.54, 1.807) is 0 Å². The van der Waals surface area contributed by atoms with Crippen LogP contribution in [0.5, 0.6) is 0 Å². The number of nitrogens with one attached hydrogen (secondary N) is 1. The van der Waals surface area contributed by atoms with Gasteiger partial charge < -0.3 is 15.0 Å². The van der Waals surface area contributed by atoms with E-state index in [1.165, 1.54) is 13.5 Å². The van der Waals surface area contributed by atoms with Crippen LogP contribution >= 0.6 is 0 Å². The van der Waals surface area contributed by atoms with Crippen molar-refractivity contribution in [2.24, 2.45) is 11.8 Å². The Morgan fingerprint density at radius 1 is 1.41 bits per heavy atom. The predicted molar refractivity (Wildman–Crippen MR) is 68.9 cm³/mol. The third-order valence-electron chi connectivity index (χ3n) is 3.32. The lowest BCUT2D eigenvalue weighted by Crippen LogP contribution is -2.50. The van der Waals surface area contributed by atoms with Crippen molar-refractivity contribution in [1.29, 1.82) is 0 Å². The molecule has 3 atom stereocenters. The van der Waals surface area contributed by atoms with Crippen LogP contribution in [0, 0.1) is 11.8 Å². The number of likely N-dealkylation sites (tertiary alicyclic amines) is 1. The molecule has 1 aliphatic rings. The zero-order chi connectivity index (χ0) is 12.8. The molecule has 4 heteroatoms. The molecule has 17 heavy (non-hydrogen) atoms. The lowest BCUT2D eigenvalue weighted by atomic mass is 9.91. The van der Waals surface area contributed by atoms with Crippen molar-refractivity contribution < 1.29 is 9.53 Å². The number of esters is 1. The first-order chi connectivity index (χ1) is 8.06. The standard InChI is InChI=1S/C13H26N2O2/c1-5-14-12(13(16)17-4)9-15-7-10(2)6-11(3)8-15/h10-12,14H,5-9H2,1-4H3. The first-order valence-corrected chi connectivity index (χ1v) is 6.60. The molecule has 0 spiro atoms. The minimum atomic E-state index is -0.192. The maximum atomic E-state index is 11.6. The third-order valence-corrected chi connectivity index (χ3v) is 3.32. The van der Waals surface area contributed by atoms with Crippen LogP contribution in [-0.2, 0) is 9.53 Å². The highest BCUT2D eigenvalue weighted by molar-refractivity contribution is 5.75. The molecule has 1 N–H and O–H groups in total. The van der Waals surface area contributed by atoms with Crippen molar-refractivity contribution in [3.8, 4) is 0 Å². The van der Waals surface area contributed by atoms with Crippen LogP contribution in [0.4, 0.5) is 0 Å². The average Bonchev–Trinajstić information content (AvgIpc) is 2.26. The van der Waals surface area contributed by atoms with Crippen molar-refractivity contribution in [1.82, 2.24) is 10.2 Å². The van der Waals surface area contributed by atoms with Gasteiger partial charge in [-0.25, -0.2) is 0 Å². The molecule has 1 heterocycles. The van der Waals surface area contributed by atoms with Crippen LogP contribution in [-0.4, -0.2) is 50.2 Å². The number of hydrogen-bond donors (Lipinski definition) is 1. The van der Waals surface area contributed by atoms with Gasteiger partial charge in [0.15, 0.2) is 0 Å². The largest absolute Gasteiger partial charge is 0.468 e. The van der Waals surface area contributed by atoms with Crippen molar-refractivity contribution >= 4 is 5.97 Å². The average molecular weight is 242 g/mol. The van der Waals surface area contributed by atoms with Gasteiger partial charge in [-0.2, -0.15) is 0 Å². The van der Waals surface area contributed by atoms with Crippen molar-refractivity contribution in [2.45, 2.75) is 33.2 Å². The van der Waals surface area contributed by atoms with E-state index in [4.69, 9.17) is 4.74 Å². The summed E-state index contributed by atoms with van der Waals surface area (Å²) in [6.45, 7) is 10.3. The molecule has 0 aromatic rings. The van der Waals surface area contributed by atoms with E-state index in [1.807, 2.05) is 6.92 Å².